The summed E-state index contributed by atoms with van der Waals surface area (Å²) in [5.74, 6) is 0. The summed E-state index contributed by atoms with van der Waals surface area (Å²) in [5, 5.41) is 0. The second kappa shape index (κ2) is 22.4. The molecule has 0 saturated carbocycles. The van der Waals surface area contributed by atoms with Gasteiger partial charge >= 0.3 is 26.0 Å². The molecule has 0 unspecified atom stereocenters. The van der Waals surface area contributed by atoms with Crippen LogP contribution < -0.4 is 37.2 Å². The van der Waals surface area contributed by atoms with Crippen molar-refractivity contribution in [3.8, 4) is 0 Å². The summed E-state index contributed by atoms with van der Waals surface area (Å²) < 4.78 is 8.59. The molecule has 0 bridgehead atoms. The zero-order chi connectivity index (χ0) is 4.99. The summed E-state index contributed by atoms with van der Waals surface area (Å²) >= 11 is 0. The van der Waals surface area contributed by atoms with Crippen LogP contribution in [0.25, 0.3) is 0 Å². The molecule has 0 spiro atoms. The molecule has 62 valence electrons. The van der Waals surface area contributed by atoms with Crippen molar-refractivity contribution < 1.29 is 51.2 Å². The van der Waals surface area contributed by atoms with E-state index in [0.717, 1.165) is 0 Å². The summed E-state index contributed by atoms with van der Waals surface area (Å²) in [6, 6.07) is 0. The minimum Gasteiger partial charge on any atom is -1.00 e. The molecule has 0 aliphatic carbocycles. The largest absolute Gasteiger partial charge is 3.00 e. The van der Waals surface area contributed by atoms with E-state index in [1.807, 2.05) is 0 Å². The maximum absolute atomic E-state index is 8.29. The smallest absolute Gasteiger partial charge is 1.00 e. The van der Waals surface area contributed by atoms with Gasteiger partial charge in [-0.25, -0.2) is 0 Å². The second-order valence-electron chi connectivity index (χ2n) is 0.603. The molecule has 3 nitrogen and oxygen atoms in total. The van der Waals surface area contributed by atoms with Gasteiger partial charge in [-0.15, -0.1) is 0 Å². The van der Waals surface area contributed by atoms with Crippen LogP contribution in [0.3, 0.4) is 0 Å². The molecule has 0 aromatic carbocycles. The van der Waals surface area contributed by atoms with E-state index in [0.29, 0.717) is 0 Å². The average molecular weight is 243 g/mol. The first-order valence-electron chi connectivity index (χ1n) is 1.38. The molecule has 10 heavy (non-hydrogen) atoms. The van der Waals surface area contributed by atoms with Crippen molar-refractivity contribution in [1.29, 1.82) is 0 Å². The van der Waals surface area contributed by atoms with E-state index in [1.165, 1.54) is 14.2 Å². The predicted octanol–water partition coefficient (Wildman–Crippen LogP) is -8.87. The maximum Gasteiger partial charge on any atom is 3.00 e. The third-order valence-electron chi connectivity index (χ3n) is 0.312. The third-order valence-corrected chi connectivity index (χ3v) is 0.937. The number of hydrogen-bond acceptors (Lipinski definition) is 3. The van der Waals surface area contributed by atoms with Crippen LogP contribution in [-0.4, -0.2) is 36.5 Å². The first kappa shape index (κ1) is 29.8. The van der Waals surface area contributed by atoms with Crippen molar-refractivity contribution in [1.82, 2.24) is 0 Å². The van der Waals surface area contributed by atoms with Crippen molar-refractivity contribution in [2.45, 2.75) is 0 Å². The molecule has 0 heterocycles. The molecule has 0 amide bonds. The van der Waals surface area contributed by atoms with Crippen molar-refractivity contribution in [3.63, 3.8) is 0 Å². The quantitative estimate of drug-likeness (QED) is 0.387. The van der Waals surface area contributed by atoms with Gasteiger partial charge in [-0.1, -0.05) is 0 Å². The Morgan fingerprint density at radius 3 is 1.20 bits per heavy atom. The third kappa shape index (κ3) is 22.6. The summed E-state index contributed by atoms with van der Waals surface area (Å²) in [5.41, 5.74) is 0. The van der Waals surface area contributed by atoms with Gasteiger partial charge in [0.05, 0.1) is 0 Å². The number of rotatable bonds is 2. The van der Waals surface area contributed by atoms with E-state index in [-0.39, 0.29) is 54.6 Å². The van der Waals surface area contributed by atoms with Crippen molar-refractivity contribution in [2.24, 2.45) is 0 Å². The Morgan fingerprint density at radius 2 is 1.20 bits per heavy atom. The Hall–Kier alpha value is 1.71. The first-order chi connectivity index (χ1) is 2.81. The Morgan fingerprint density at radius 1 is 1.00 bits per heavy atom. The van der Waals surface area contributed by atoms with Crippen LogP contribution in [-0.2, 0) is 9.05 Å². The van der Waals surface area contributed by atoms with Gasteiger partial charge in [-0.05, 0) is 0 Å². The van der Waals surface area contributed by atoms with Crippen LogP contribution in [0.15, 0.2) is 0 Å². The maximum atomic E-state index is 8.29. The molecule has 0 rings (SSSR count). The van der Waals surface area contributed by atoms with Crippen molar-refractivity contribution in [3.05, 3.63) is 0 Å². The fraction of sp³-hybridized carbons (Fsp3) is 1.00. The Labute approximate surface area is 91.2 Å². The molecule has 0 radical (unpaired) electrons. The zero-order valence-electron chi connectivity index (χ0n) is 5.42. The van der Waals surface area contributed by atoms with Gasteiger partial charge in [0, 0.05) is 14.2 Å². The van der Waals surface area contributed by atoms with Crippen molar-refractivity contribution >= 4 is 26.0 Å². The molecule has 0 aromatic heterocycles. The molecule has 0 atom stereocenters. The van der Waals surface area contributed by atoms with Gasteiger partial charge in [0.2, 0.25) is 0 Å². The van der Waals surface area contributed by atoms with E-state index in [9.17, 15) is 0 Å². The summed E-state index contributed by atoms with van der Waals surface area (Å²) in [6.45, 7) is 0. The van der Waals surface area contributed by atoms with E-state index in [4.69, 9.17) is 4.89 Å². The van der Waals surface area contributed by atoms with E-state index >= 15 is 0 Å². The minimum absolute atomic E-state index is 0. The molecule has 0 aromatic rings. The molecular formula is C2H7AlCl3O3P. The predicted molar refractivity (Wildman–Crippen MR) is 28.9 cm³/mol. The second-order valence-corrected chi connectivity index (χ2v) is 1.81. The van der Waals surface area contributed by atoms with Crippen LogP contribution in [0.5, 0.6) is 0 Å². The SMILES string of the molecule is COP(O)OC.[Al+3].[Cl-].[Cl-].[Cl-]. The monoisotopic (exact) mass is 242 g/mol. The van der Waals surface area contributed by atoms with Crippen LogP contribution in [0, 0.1) is 0 Å². The number of hydrogen-bond donors (Lipinski definition) is 1. The van der Waals surface area contributed by atoms with Gasteiger partial charge in [0.1, 0.15) is 0 Å². The van der Waals surface area contributed by atoms with Gasteiger partial charge in [0.25, 0.3) is 0 Å². The van der Waals surface area contributed by atoms with Crippen LogP contribution in [0.4, 0.5) is 0 Å². The topological polar surface area (TPSA) is 38.7 Å². The van der Waals surface area contributed by atoms with Gasteiger partial charge < -0.3 is 51.2 Å². The minimum atomic E-state index is -1.58. The molecule has 0 aliphatic rings. The standard InChI is InChI=1S/C2H7O3P.Al.3ClH/c1-4-6(3)5-2;;;;/h3H,1-2H3;;3*1H/q;+3;;;/p-3. The van der Waals surface area contributed by atoms with E-state index in [2.05, 4.69) is 9.05 Å². The first-order valence-corrected chi connectivity index (χ1v) is 2.51. The van der Waals surface area contributed by atoms with Gasteiger partial charge in [-0.2, -0.15) is 0 Å². The van der Waals surface area contributed by atoms with Gasteiger partial charge in [-0.3, -0.25) is 0 Å². The molecule has 0 saturated heterocycles. The molecule has 0 aliphatic heterocycles. The summed E-state index contributed by atoms with van der Waals surface area (Å²) in [6.07, 6.45) is 0. The molecule has 0 fully saturated rings. The van der Waals surface area contributed by atoms with E-state index < -0.39 is 8.60 Å². The Bertz CT molecular complexity index is 40.9. The zero-order valence-corrected chi connectivity index (χ0v) is 9.74. The average Bonchev–Trinajstić information content (AvgIpc) is 1.65. The van der Waals surface area contributed by atoms with Crippen LogP contribution in [0.1, 0.15) is 0 Å². The number of halogens is 3. The Balaban J connectivity index is -0.0000000208. The Kier molecular flexibility index (Phi) is 66.9. The van der Waals surface area contributed by atoms with Crippen LogP contribution in [0.2, 0.25) is 0 Å². The molecule has 8 heteroatoms. The van der Waals surface area contributed by atoms with Crippen LogP contribution >= 0.6 is 8.60 Å². The fourth-order valence-electron chi connectivity index (χ4n) is 0.0745. The fourth-order valence-corrected chi connectivity index (χ4v) is 0.224. The normalized spacial score (nSPS) is 6.00. The molecular weight excluding hydrogens is 236 g/mol. The summed E-state index contributed by atoms with van der Waals surface area (Å²) in [4.78, 5) is 8.29. The molecule has 1 N–H and O–H groups in total. The van der Waals surface area contributed by atoms with Gasteiger partial charge in [0.15, 0.2) is 0 Å². The van der Waals surface area contributed by atoms with Crippen molar-refractivity contribution in [2.75, 3.05) is 14.2 Å². The van der Waals surface area contributed by atoms with E-state index in [1.54, 1.807) is 0 Å². The summed E-state index contributed by atoms with van der Waals surface area (Å²) in [7, 11) is 1.19.